The summed E-state index contributed by atoms with van der Waals surface area (Å²) < 4.78 is 22.9. The maximum absolute atomic E-state index is 13.7. The monoisotopic (exact) mass is 502 g/mol. The second kappa shape index (κ2) is 7.20. The van der Waals surface area contributed by atoms with Crippen LogP contribution in [-0.4, -0.2) is 52.5 Å². The number of cyclic esters (lactones) is 1. The summed E-state index contributed by atoms with van der Waals surface area (Å²) in [7, 11) is 1.31. The van der Waals surface area contributed by atoms with Crippen LogP contribution in [0, 0.1) is 34.0 Å². The normalized spacial score (nSPS) is 51.2. The maximum atomic E-state index is 13.7. The number of carbonyl (C=O) groups is 3. The average Bonchev–Trinajstić information content (AvgIpc) is 3.45. The Balaban J connectivity index is 1.54. The van der Waals surface area contributed by atoms with Crippen molar-refractivity contribution in [2.45, 2.75) is 82.9 Å². The third-order valence-corrected chi connectivity index (χ3v) is 11.1. The Labute approximate surface area is 209 Å². The van der Waals surface area contributed by atoms with Gasteiger partial charge in [0.2, 0.25) is 0 Å². The van der Waals surface area contributed by atoms with E-state index in [9.17, 15) is 24.6 Å². The Kier molecular flexibility index (Phi) is 4.83. The van der Waals surface area contributed by atoms with Crippen LogP contribution in [0.1, 0.15) is 71.0 Å². The van der Waals surface area contributed by atoms with Crippen LogP contribution in [-0.2, 0) is 28.6 Å². The van der Waals surface area contributed by atoms with E-state index in [4.69, 9.17) is 18.6 Å². The van der Waals surface area contributed by atoms with Gasteiger partial charge in [0.25, 0.3) is 0 Å². The minimum absolute atomic E-state index is 0.0162. The highest BCUT2D eigenvalue weighted by Crippen LogP contribution is 2.78. The van der Waals surface area contributed by atoms with E-state index in [-0.39, 0.29) is 37.4 Å². The van der Waals surface area contributed by atoms with Crippen molar-refractivity contribution >= 4 is 17.7 Å². The lowest BCUT2D eigenvalue weighted by molar-refractivity contribution is -0.288. The molecule has 3 aliphatic carbocycles. The molecule has 1 spiro atoms. The van der Waals surface area contributed by atoms with Crippen LogP contribution in [0.3, 0.4) is 0 Å². The van der Waals surface area contributed by atoms with Gasteiger partial charge in [-0.3, -0.25) is 14.4 Å². The lowest BCUT2D eigenvalue weighted by Gasteiger charge is -2.61. The van der Waals surface area contributed by atoms with Crippen LogP contribution in [0.4, 0.5) is 0 Å². The molecule has 1 aromatic rings. The number of fused-ring (bicyclic) bond motifs is 3. The quantitative estimate of drug-likeness (QED) is 0.599. The molecule has 0 unspecified atom stereocenters. The average molecular weight is 503 g/mol. The number of aliphatic hydroxyl groups is 2. The first-order valence-corrected chi connectivity index (χ1v) is 12.8. The summed E-state index contributed by atoms with van der Waals surface area (Å²) in [6.07, 6.45) is 2.30. The number of aliphatic hydroxyl groups excluding tert-OH is 1. The van der Waals surface area contributed by atoms with Crippen molar-refractivity contribution in [3.05, 3.63) is 24.2 Å². The highest BCUT2D eigenvalue weighted by molar-refractivity contribution is 5.86. The summed E-state index contributed by atoms with van der Waals surface area (Å²) in [5.41, 5.74) is -3.04. The number of ether oxygens (including phenoxy) is 3. The SMILES string of the molecule is COC(=O)C[C@H]1[C@@]2(C)C[C@]3(O)O[C@@]4(CC(=O)[C@H]2O)[C@@H]2CC(=O)O[C@@H](c5ccoc5)[C@]2(C)CC[C@@H]4[C@]13C. The van der Waals surface area contributed by atoms with Crippen LogP contribution in [0.15, 0.2) is 23.0 Å². The van der Waals surface area contributed by atoms with Gasteiger partial charge in [0.05, 0.1) is 31.7 Å². The summed E-state index contributed by atoms with van der Waals surface area (Å²) in [5.74, 6) is -4.24. The second-order valence-corrected chi connectivity index (χ2v) is 12.5. The minimum atomic E-state index is -1.68. The summed E-state index contributed by atoms with van der Waals surface area (Å²) in [6, 6.07) is 1.78. The van der Waals surface area contributed by atoms with Crippen molar-refractivity contribution in [3.63, 3.8) is 0 Å². The van der Waals surface area contributed by atoms with Crippen LogP contribution in [0.2, 0.25) is 0 Å². The van der Waals surface area contributed by atoms with E-state index in [1.54, 1.807) is 19.3 Å². The van der Waals surface area contributed by atoms with Crippen LogP contribution < -0.4 is 0 Å². The Hall–Kier alpha value is -2.23. The van der Waals surface area contributed by atoms with E-state index in [0.717, 1.165) is 5.56 Å². The zero-order valence-corrected chi connectivity index (χ0v) is 21.1. The molecule has 196 valence electrons. The van der Waals surface area contributed by atoms with Gasteiger partial charge >= 0.3 is 11.9 Å². The third kappa shape index (κ3) is 2.64. The van der Waals surface area contributed by atoms with Gasteiger partial charge < -0.3 is 28.8 Å². The molecule has 0 amide bonds. The summed E-state index contributed by atoms with van der Waals surface area (Å²) in [4.78, 5) is 39.2. The summed E-state index contributed by atoms with van der Waals surface area (Å²) in [5, 5.41) is 23.6. The summed E-state index contributed by atoms with van der Waals surface area (Å²) in [6.45, 7) is 5.74. The van der Waals surface area contributed by atoms with E-state index in [0.29, 0.717) is 12.8 Å². The lowest BCUT2D eigenvalue weighted by Crippen LogP contribution is -2.64. The number of furan rings is 1. The molecule has 3 aliphatic heterocycles. The van der Waals surface area contributed by atoms with Gasteiger partial charge in [0.15, 0.2) is 11.6 Å². The molecule has 3 saturated carbocycles. The molecule has 0 radical (unpaired) electrons. The molecule has 7 rings (SSSR count). The number of carbonyl (C=O) groups excluding carboxylic acids is 3. The van der Waals surface area contributed by atoms with Crippen molar-refractivity contribution in [1.82, 2.24) is 0 Å². The zero-order chi connectivity index (χ0) is 25.9. The zero-order valence-electron chi connectivity index (χ0n) is 21.1. The van der Waals surface area contributed by atoms with Gasteiger partial charge in [-0.25, -0.2) is 0 Å². The predicted octanol–water partition coefficient (Wildman–Crippen LogP) is 2.69. The molecule has 6 fully saturated rings. The van der Waals surface area contributed by atoms with Crippen molar-refractivity contribution in [2.75, 3.05) is 7.11 Å². The molecular weight excluding hydrogens is 468 g/mol. The van der Waals surface area contributed by atoms with E-state index in [1.165, 1.54) is 13.4 Å². The van der Waals surface area contributed by atoms with Crippen LogP contribution in [0.5, 0.6) is 0 Å². The standard InChI is InChI=1S/C27H34O9/c1-23-7-5-16-25(3)17(9-19(29)33-4)24(2)13-27(25,32)36-26(16,11-15(28)21(24)31)18(23)10-20(30)35-22(23)14-6-8-34-12-14/h6,8,12,16-18,21-22,31-32H,5,7,9-11,13H2,1-4H3/t16-,17+,18-,21-,22+,23-,24-,25-,26-,27+/m1/s1. The molecule has 36 heavy (non-hydrogen) atoms. The van der Waals surface area contributed by atoms with Crippen molar-refractivity contribution in [3.8, 4) is 0 Å². The molecule has 0 aromatic carbocycles. The van der Waals surface area contributed by atoms with E-state index in [2.05, 4.69) is 0 Å². The molecule has 6 aliphatic rings. The Morgan fingerprint density at radius 2 is 1.94 bits per heavy atom. The Bertz CT molecular complexity index is 1130. The van der Waals surface area contributed by atoms with Gasteiger partial charge in [-0.2, -0.15) is 0 Å². The van der Waals surface area contributed by atoms with Gasteiger partial charge in [-0.15, -0.1) is 0 Å². The molecule has 9 nitrogen and oxygen atoms in total. The van der Waals surface area contributed by atoms with E-state index in [1.807, 2.05) is 13.8 Å². The number of hydrogen-bond donors (Lipinski definition) is 2. The first-order chi connectivity index (χ1) is 16.9. The molecule has 4 heterocycles. The van der Waals surface area contributed by atoms with Gasteiger partial charge in [-0.1, -0.05) is 20.8 Å². The molecular formula is C27H34O9. The fourth-order valence-electron chi connectivity index (χ4n) is 9.46. The van der Waals surface area contributed by atoms with E-state index >= 15 is 0 Å². The van der Waals surface area contributed by atoms with Crippen LogP contribution in [0.25, 0.3) is 0 Å². The number of esters is 2. The molecule has 1 aromatic heterocycles. The summed E-state index contributed by atoms with van der Waals surface area (Å²) >= 11 is 0. The number of Topliss-reactive ketones (excluding diaryl/α,β-unsaturated/α-hetero) is 1. The minimum Gasteiger partial charge on any atom is -0.472 e. The maximum Gasteiger partial charge on any atom is 0.306 e. The second-order valence-electron chi connectivity index (χ2n) is 12.5. The highest BCUT2D eigenvalue weighted by Gasteiger charge is 2.83. The largest absolute Gasteiger partial charge is 0.472 e. The lowest BCUT2D eigenvalue weighted by atomic mass is 9.45. The first-order valence-electron chi connectivity index (χ1n) is 12.8. The van der Waals surface area contributed by atoms with Crippen LogP contribution >= 0.6 is 0 Å². The smallest absolute Gasteiger partial charge is 0.306 e. The molecule has 4 bridgehead atoms. The van der Waals surface area contributed by atoms with Gasteiger partial charge in [0.1, 0.15) is 12.2 Å². The molecule has 3 saturated heterocycles. The molecule has 10 atom stereocenters. The number of methoxy groups -OCH3 is 1. The van der Waals surface area contributed by atoms with E-state index < -0.39 is 63.6 Å². The Morgan fingerprint density at radius 1 is 1.19 bits per heavy atom. The van der Waals surface area contributed by atoms with Gasteiger partial charge in [-0.05, 0) is 30.7 Å². The number of rotatable bonds is 3. The number of ketones is 1. The fourth-order valence-corrected chi connectivity index (χ4v) is 9.46. The fraction of sp³-hybridized carbons (Fsp3) is 0.741. The highest BCUT2D eigenvalue weighted by atomic mass is 16.7. The first kappa shape index (κ1) is 24.1. The van der Waals surface area contributed by atoms with Crippen molar-refractivity contribution in [1.29, 1.82) is 0 Å². The molecule has 2 N–H and O–H groups in total. The van der Waals surface area contributed by atoms with Crippen molar-refractivity contribution in [2.24, 2.45) is 34.0 Å². The predicted molar refractivity (Wildman–Crippen MR) is 122 cm³/mol. The topological polar surface area (TPSA) is 133 Å². The third-order valence-electron chi connectivity index (χ3n) is 11.1. The number of hydrogen-bond acceptors (Lipinski definition) is 9. The van der Waals surface area contributed by atoms with Crippen molar-refractivity contribution < 1.29 is 43.2 Å². The molecule has 9 heteroatoms. The Morgan fingerprint density at radius 3 is 2.61 bits per heavy atom. The van der Waals surface area contributed by atoms with Gasteiger partial charge in [0, 0.05) is 47.0 Å².